The number of alkyl halides is 1. The van der Waals surface area contributed by atoms with E-state index in [9.17, 15) is 0 Å². The maximum absolute atomic E-state index is 6.17. The number of halogens is 1. The van der Waals surface area contributed by atoms with E-state index in [4.69, 9.17) is 16.3 Å². The molecular formula is C13H22ClN3O. The number of nitrogens with zero attached hydrogens (tertiary/aromatic N) is 3. The molecule has 0 aliphatic carbocycles. The molecule has 1 aromatic heterocycles. The summed E-state index contributed by atoms with van der Waals surface area (Å²) in [5.74, 6) is 2.23. The Morgan fingerprint density at radius 2 is 2.39 bits per heavy atom. The predicted octanol–water partition coefficient (Wildman–Crippen LogP) is 2.51. The van der Waals surface area contributed by atoms with Gasteiger partial charge in [0.25, 0.3) is 0 Å². The van der Waals surface area contributed by atoms with Gasteiger partial charge < -0.3 is 4.74 Å². The van der Waals surface area contributed by atoms with Crippen molar-refractivity contribution in [2.24, 2.45) is 11.3 Å². The Hall–Kier alpha value is -0.610. The zero-order chi connectivity index (χ0) is 13.0. The van der Waals surface area contributed by atoms with Gasteiger partial charge in [-0.05, 0) is 18.8 Å². The van der Waals surface area contributed by atoms with Gasteiger partial charge in [0.15, 0.2) is 0 Å². The molecule has 2 rings (SSSR count). The molecule has 4 nitrogen and oxygen atoms in total. The minimum atomic E-state index is 0.0432. The van der Waals surface area contributed by atoms with Crippen LogP contribution >= 0.6 is 11.6 Å². The van der Waals surface area contributed by atoms with Crippen LogP contribution in [0.2, 0.25) is 0 Å². The number of rotatable bonds is 5. The summed E-state index contributed by atoms with van der Waals surface area (Å²) < 4.78 is 7.61. The molecule has 1 atom stereocenters. The van der Waals surface area contributed by atoms with E-state index < -0.39 is 0 Å². The van der Waals surface area contributed by atoms with Gasteiger partial charge in [0, 0.05) is 30.9 Å². The van der Waals surface area contributed by atoms with Gasteiger partial charge in [-0.15, -0.1) is 11.6 Å². The zero-order valence-electron chi connectivity index (χ0n) is 11.2. The third-order valence-electron chi connectivity index (χ3n) is 3.45. The molecule has 18 heavy (non-hydrogen) atoms. The van der Waals surface area contributed by atoms with Crippen LogP contribution in [-0.2, 0) is 17.7 Å². The quantitative estimate of drug-likeness (QED) is 0.773. The summed E-state index contributed by atoms with van der Waals surface area (Å²) in [7, 11) is 0. The summed E-state index contributed by atoms with van der Waals surface area (Å²) in [6.07, 6.45) is 4.71. The van der Waals surface area contributed by atoms with Crippen molar-refractivity contribution in [1.82, 2.24) is 14.8 Å². The van der Waals surface area contributed by atoms with Crippen LogP contribution in [-0.4, -0.2) is 33.9 Å². The fourth-order valence-electron chi connectivity index (χ4n) is 2.46. The molecule has 1 fully saturated rings. The van der Waals surface area contributed by atoms with Crippen LogP contribution in [0, 0.1) is 11.3 Å². The summed E-state index contributed by atoms with van der Waals surface area (Å²) in [6, 6.07) is 0. The molecular weight excluding hydrogens is 250 g/mol. The van der Waals surface area contributed by atoms with Crippen LogP contribution in [0.4, 0.5) is 0 Å². The second-order valence-corrected chi connectivity index (χ2v) is 5.99. The van der Waals surface area contributed by atoms with Gasteiger partial charge in [-0.2, -0.15) is 5.10 Å². The lowest BCUT2D eigenvalue weighted by atomic mass is 9.81. The first kappa shape index (κ1) is 13.8. The van der Waals surface area contributed by atoms with Gasteiger partial charge in [0.05, 0.1) is 6.61 Å². The molecule has 1 aromatic rings. The first-order chi connectivity index (χ1) is 8.65. The van der Waals surface area contributed by atoms with Crippen molar-refractivity contribution in [2.45, 2.75) is 39.7 Å². The Bertz CT molecular complexity index is 372. The smallest absolute Gasteiger partial charge is 0.138 e. The van der Waals surface area contributed by atoms with Gasteiger partial charge in [0.1, 0.15) is 12.2 Å². The van der Waals surface area contributed by atoms with Gasteiger partial charge in [-0.25, -0.2) is 9.67 Å². The Morgan fingerprint density at radius 1 is 1.56 bits per heavy atom. The van der Waals surface area contributed by atoms with Crippen molar-refractivity contribution in [2.75, 3.05) is 19.1 Å². The predicted molar refractivity (Wildman–Crippen MR) is 71.8 cm³/mol. The van der Waals surface area contributed by atoms with Gasteiger partial charge in [0.2, 0.25) is 0 Å². The highest BCUT2D eigenvalue weighted by atomic mass is 35.5. The van der Waals surface area contributed by atoms with E-state index in [0.29, 0.717) is 11.8 Å². The first-order valence-corrected chi connectivity index (χ1v) is 7.19. The average Bonchev–Trinajstić information content (AvgIpc) is 2.77. The van der Waals surface area contributed by atoms with Gasteiger partial charge in [-0.3, -0.25) is 0 Å². The standard InChI is InChI=1S/C13H22ClN3O/c1-11(2)7-17-12(15-10-16-17)6-13(8-14)4-3-5-18-9-13/h10-11H,3-9H2,1-2H3. The van der Waals surface area contributed by atoms with E-state index >= 15 is 0 Å². The Balaban J connectivity index is 2.09. The highest BCUT2D eigenvalue weighted by Crippen LogP contribution is 2.33. The van der Waals surface area contributed by atoms with E-state index in [0.717, 1.165) is 44.8 Å². The van der Waals surface area contributed by atoms with E-state index in [2.05, 4.69) is 23.9 Å². The second kappa shape index (κ2) is 6.02. The molecule has 0 saturated carbocycles. The number of aromatic nitrogens is 3. The summed E-state index contributed by atoms with van der Waals surface area (Å²) in [4.78, 5) is 4.39. The SMILES string of the molecule is CC(C)Cn1ncnc1CC1(CCl)CCCOC1. The van der Waals surface area contributed by atoms with Crippen LogP contribution in [0.5, 0.6) is 0 Å². The molecule has 102 valence electrons. The normalized spacial score (nSPS) is 24.7. The summed E-state index contributed by atoms with van der Waals surface area (Å²) in [5, 5.41) is 4.31. The molecule has 2 heterocycles. The van der Waals surface area contributed by atoms with Crippen molar-refractivity contribution >= 4 is 11.6 Å². The summed E-state index contributed by atoms with van der Waals surface area (Å²) >= 11 is 6.17. The van der Waals surface area contributed by atoms with Crippen LogP contribution < -0.4 is 0 Å². The van der Waals surface area contributed by atoms with E-state index in [1.807, 2.05) is 4.68 Å². The van der Waals surface area contributed by atoms with Crippen LogP contribution in [0.3, 0.4) is 0 Å². The van der Waals surface area contributed by atoms with Crippen molar-refractivity contribution in [3.63, 3.8) is 0 Å². The first-order valence-electron chi connectivity index (χ1n) is 6.66. The molecule has 0 bridgehead atoms. The molecule has 0 radical (unpaired) electrons. The molecule has 1 aliphatic heterocycles. The molecule has 1 saturated heterocycles. The topological polar surface area (TPSA) is 39.9 Å². The molecule has 0 amide bonds. The minimum absolute atomic E-state index is 0.0432. The molecule has 1 aliphatic rings. The number of hydrogen-bond acceptors (Lipinski definition) is 3. The van der Waals surface area contributed by atoms with E-state index in [1.165, 1.54) is 0 Å². The summed E-state index contributed by atoms with van der Waals surface area (Å²) in [6.45, 7) is 6.88. The molecule has 0 aromatic carbocycles. The van der Waals surface area contributed by atoms with Crippen LogP contribution in [0.1, 0.15) is 32.5 Å². The van der Waals surface area contributed by atoms with Gasteiger partial charge >= 0.3 is 0 Å². The fraction of sp³-hybridized carbons (Fsp3) is 0.846. The zero-order valence-corrected chi connectivity index (χ0v) is 12.0. The molecule has 0 N–H and O–H groups in total. The summed E-state index contributed by atoms with van der Waals surface area (Å²) in [5.41, 5.74) is 0.0432. The molecule has 5 heteroatoms. The van der Waals surface area contributed by atoms with E-state index in [-0.39, 0.29) is 5.41 Å². The van der Waals surface area contributed by atoms with Crippen molar-refractivity contribution in [3.8, 4) is 0 Å². The van der Waals surface area contributed by atoms with Crippen molar-refractivity contribution < 1.29 is 4.74 Å². The third-order valence-corrected chi connectivity index (χ3v) is 4.02. The lowest BCUT2D eigenvalue weighted by Gasteiger charge is -2.35. The van der Waals surface area contributed by atoms with Crippen molar-refractivity contribution in [3.05, 3.63) is 12.2 Å². The Morgan fingerprint density at radius 3 is 3.00 bits per heavy atom. The number of ether oxygens (including phenoxy) is 1. The molecule has 0 spiro atoms. The Labute approximate surface area is 114 Å². The highest BCUT2D eigenvalue weighted by Gasteiger charge is 2.34. The van der Waals surface area contributed by atoms with Crippen molar-refractivity contribution in [1.29, 1.82) is 0 Å². The second-order valence-electron chi connectivity index (χ2n) is 5.72. The lowest BCUT2D eigenvalue weighted by Crippen LogP contribution is -2.36. The third kappa shape index (κ3) is 3.23. The van der Waals surface area contributed by atoms with Crippen LogP contribution in [0.25, 0.3) is 0 Å². The largest absolute Gasteiger partial charge is 0.381 e. The van der Waals surface area contributed by atoms with Crippen LogP contribution in [0.15, 0.2) is 6.33 Å². The minimum Gasteiger partial charge on any atom is -0.381 e. The molecule has 1 unspecified atom stereocenters. The highest BCUT2D eigenvalue weighted by molar-refractivity contribution is 6.18. The fourth-order valence-corrected chi connectivity index (χ4v) is 2.77. The monoisotopic (exact) mass is 271 g/mol. The van der Waals surface area contributed by atoms with Gasteiger partial charge in [-0.1, -0.05) is 13.8 Å². The average molecular weight is 272 g/mol. The maximum atomic E-state index is 6.17. The van der Waals surface area contributed by atoms with E-state index in [1.54, 1.807) is 6.33 Å². The maximum Gasteiger partial charge on any atom is 0.138 e. The Kier molecular flexibility index (Phi) is 4.62. The number of hydrogen-bond donors (Lipinski definition) is 0. The lowest BCUT2D eigenvalue weighted by molar-refractivity contribution is 0.00322.